The molecule has 4 saturated heterocycles. The van der Waals surface area contributed by atoms with Crippen LogP contribution in [0.5, 0.6) is 11.5 Å². The number of hydrogen-bond donors (Lipinski definition) is 1. The predicted molar refractivity (Wildman–Crippen MR) is 200 cm³/mol. The van der Waals surface area contributed by atoms with Crippen LogP contribution in [-0.4, -0.2) is 146 Å². The van der Waals surface area contributed by atoms with Crippen LogP contribution >= 0.6 is 0 Å². The Morgan fingerprint density at radius 2 is 1.19 bits per heavy atom. The number of amides is 3. The first-order valence-electron chi connectivity index (χ1n) is 18.7. The second-order valence-electron chi connectivity index (χ2n) is 15.6. The van der Waals surface area contributed by atoms with Crippen molar-refractivity contribution in [3.63, 3.8) is 0 Å². The van der Waals surface area contributed by atoms with Crippen molar-refractivity contribution >= 4 is 40.6 Å². The normalized spacial score (nSPS) is 21.1. The zero-order valence-electron chi connectivity index (χ0n) is 30.5. The van der Waals surface area contributed by atoms with E-state index in [0.29, 0.717) is 59.9 Å². The molecule has 54 heavy (non-hydrogen) atoms. The van der Waals surface area contributed by atoms with E-state index in [0.717, 1.165) is 63.7 Å². The van der Waals surface area contributed by atoms with Crippen LogP contribution in [0, 0.1) is 11.8 Å². The third kappa shape index (κ3) is 5.23. The van der Waals surface area contributed by atoms with E-state index in [1.54, 1.807) is 12.1 Å². The number of primary amides is 1. The van der Waals surface area contributed by atoms with Crippen molar-refractivity contribution in [1.82, 2.24) is 19.6 Å². The highest BCUT2D eigenvalue weighted by atomic mass is 16.5. The van der Waals surface area contributed by atoms with E-state index in [4.69, 9.17) is 10.5 Å². The van der Waals surface area contributed by atoms with Crippen molar-refractivity contribution < 1.29 is 28.7 Å². The summed E-state index contributed by atoms with van der Waals surface area (Å²) in [7, 11) is 4.14. The highest BCUT2D eigenvalue weighted by Gasteiger charge is 2.62. The van der Waals surface area contributed by atoms with E-state index in [1.165, 1.54) is 6.07 Å². The summed E-state index contributed by atoms with van der Waals surface area (Å²) in [6.07, 6.45) is 0. The van der Waals surface area contributed by atoms with Gasteiger partial charge in [0, 0.05) is 124 Å². The van der Waals surface area contributed by atoms with Crippen molar-refractivity contribution in [1.29, 1.82) is 0 Å². The molecule has 1 aliphatic carbocycles. The van der Waals surface area contributed by atoms with Crippen LogP contribution < -0.4 is 20.3 Å². The molecule has 0 aromatic heterocycles. The van der Waals surface area contributed by atoms with Crippen LogP contribution in [0.1, 0.15) is 37.4 Å². The molecule has 0 unspecified atom stereocenters. The first-order valence-corrected chi connectivity index (χ1v) is 18.7. The average Bonchev–Trinajstić information content (AvgIpc) is 3.37. The summed E-state index contributed by atoms with van der Waals surface area (Å²) < 4.78 is 6.71. The Labute approximate surface area is 313 Å². The van der Waals surface area contributed by atoms with Gasteiger partial charge < -0.3 is 45.4 Å². The van der Waals surface area contributed by atoms with Crippen molar-refractivity contribution in [2.24, 2.45) is 17.6 Å². The fraction of sp³-hybridized carbons (Fsp3) is 0.425. The third-order valence-electron chi connectivity index (χ3n) is 12.4. The van der Waals surface area contributed by atoms with Crippen LogP contribution in [0.3, 0.4) is 0 Å². The SMILES string of the molecule is CN1CCN(C(=O)C2CN(c3ccc4c(c3)Oc3cc(N5CC(C(=O)N6CCN(C)CC6)C5)ccc3C43C(=[N+]=[N-])C(=O)c4ccc(C(N)=O)cc43)C2)CC1. The van der Waals surface area contributed by atoms with E-state index in [1.807, 2.05) is 46.2 Å². The fourth-order valence-corrected chi connectivity index (χ4v) is 9.03. The minimum Gasteiger partial charge on any atom is -0.457 e. The fourth-order valence-electron chi connectivity index (χ4n) is 9.03. The number of piperazine rings is 2. The van der Waals surface area contributed by atoms with Crippen LogP contribution in [0.25, 0.3) is 5.53 Å². The first kappa shape index (κ1) is 34.2. The molecule has 0 saturated carbocycles. The molecule has 5 heterocycles. The van der Waals surface area contributed by atoms with E-state index >= 15 is 0 Å². The number of hydrogen-bond acceptors (Lipinski definition) is 9. The Bertz CT molecular complexity index is 2050. The van der Waals surface area contributed by atoms with Crippen LogP contribution in [-0.2, 0) is 15.0 Å². The first-order chi connectivity index (χ1) is 26.1. The largest absolute Gasteiger partial charge is 0.457 e. The molecule has 278 valence electrons. The molecule has 4 fully saturated rings. The summed E-state index contributed by atoms with van der Waals surface area (Å²) in [6.45, 7) is 8.72. The monoisotopic (exact) mass is 729 g/mol. The van der Waals surface area contributed by atoms with Gasteiger partial charge in [0.05, 0.1) is 11.8 Å². The van der Waals surface area contributed by atoms with E-state index in [2.05, 4.69) is 38.5 Å². The van der Waals surface area contributed by atoms with Gasteiger partial charge in [-0.3, -0.25) is 19.2 Å². The standard InChI is InChI=1S/C40H43N9O5/c1-44-9-13-46(14-10-44)38(52)25-20-48(21-25)27-4-7-30-33(18-27)54-34-19-28(49-22-26(23-49)39(53)47-15-11-45(2)12-16-47)5-8-31(34)40(30)32-17-24(37(41)51)3-6-29(32)35(50)36(40)43-42/h3-8,17-19,25-26H,9-16,20-23H2,1-2H3,(H2,41,51). The molecule has 0 radical (unpaired) electrons. The van der Waals surface area contributed by atoms with Gasteiger partial charge in [-0.05, 0) is 50.0 Å². The van der Waals surface area contributed by atoms with Crippen molar-refractivity contribution in [3.05, 3.63) is 87.9 Å². The second kappa shape index (κ2) is 12.8. The van der Waals surface area contributed by atoms with Crippen molar-refractivity contribution in [3.8, 4) is 11.5 Å². The molecule has 14 heteroatoms. The number of fused-ring (bicyclic) bond motifs is 6. The highest BCUT2D eigenvalue weighted by Crippen LogP contribution is 2.57. The predicted octanol–water partition coefficient (Wildman–Crippen LogP) is 1.51. The molecular formula is C40H43N9O5. The lowest BCUT2D eigenvalue weighted by molar-refractivity contribution is -0.138. The van der Waals surface area contributed by atoms with Gasteiger partial charge in [-0.25, -0.2) is 0 Å². The van der Waals surface area contributed by atoms with Gasteiger partial charge in [0.1, 0.15) is 11.5 Å². The Kier molecular flexibility index (Phi) is 8.11. The molecule has 5 aliphatic heterocycles. The van der Waals surface area contributed by atoms with E-state index in [-0.39, 0.29) is 34.9 Å². The number of carbonyl (C=O) groups excluding carboxylic acids is 4. The quantitative estimate of drug-likeness (QED) is 0.304. The van der Waals surface area contributed by atoms with Crippen LogP contribution in [0.4, 0.5) is 11.4 Å². The van der Waals surface area contributed by atoms with Gasteiger partial charge in [0.15, 0.2) is 5.41 Å². The number of nitrogens with zero attached hydrogens (tertiary/aromatic N) is 8. The average molecular weight is 730 g/mol. The topological polar surface area (TPSA) is 159 Å². The number of carbonyl (C=O) groups is 4. The summed E-state index contributed by atoms with van der Waals surface area (Å²) in [5.74, 6) is -0.00851. The molecule has 0 atom stereocenters. The Morgan fingerprint density at radius 3 is 1.63 bits per heavy atom. The van der Waals surface area contributed by atoms with Crippen LogP contribution in [0.2, 0.25) is 0 Å². The molecule has 6 aliphatic rings. The summed E-state index contributed by atoms with van der Waals surface area (Å²) in [5, 5.41) is 0. The van der Waals surface area contributed by atoms with E-state index in [9.17, 15) is 24.7 Å². The number of ether oxygens (including phenoxy) is 1. The number of likely N-dealkylation sites (N-methyl/N-ethyl adjacent to an activating group) is 2. The number of anilines is 2. The van der Waals surface area contributed by atoms with Crippen molar-refractivity contribution in [2.45, 2.75) is 5.41 Å². The van der Waals surface area contributed by atoms with Gasteiger partial charge in [-0.1, -0.05) is 12.1 Å². The summed E-state index contributed by atoms with van der Waals surface area (Å²) in [4.78, 5) is 69.4. The Balaban J connectivity index is 1.06. The van der Waals surface area contributed by atoms with Gasteiger partial charge in [-0.2, -0.15) is 4.79 Å². The van der Waals surface area contributed by atoms with Crippen LogP contribution in [0.15, 0.2) is 54.6 Å². The maximum Gasteiger partial charge on any atom is 0.358 e. The molecule has 3 aromatic carbocycles. The number of ketones is 1. The lowest BCUT2D eigenvalue weighted by Crippen LogP contribution is -2.57. The minimum atomic E-state index is -1.41. The molecule has 3 amide bonds. The second-order valence-corrected chi connectivity index (χ2v) is 15.6. The highest BCUT2D eigenvalue weighted by molar-refractivity contribution is 6.52. The molecule has 3 aromatic rings. The lowest BCUT2D eigenvalue weighted by Gasteiger charge is -2.44. The summed E-state index contributed by atoms with van der Waals surface area (Å²) >= 11 is 0. The zero-order valence-corrected chi connectivity index (χ0v) is 30.5. The van der Waals surface area contributed by atoms with Gasteiger partial charge in [0.2, 0.25) is 17.7 Å². The van der Waals surface area contributed by atoms with Gasteiger partial charge in [0.25, 0.3) is 5.78 Å². The number of nitrogens with two attached hydrogens (primary N) is 1. The Morgan fingerprint density at radius 1 is 0.704 bits per heavy atom. The number of rotatable bonds is 5. The molecule has 2 N–H and O–H groups in total. The van der Waals surface area contributed by atoms with E-state index < -0.39 is 17.1 Å². The maximum absolute atomic E-state index is 14.0. The van der Waals surface area contributed by atoms with Crippen molar-refractivity contribution in [2.75, 3.05) is 102 Å². The van der Waals surface area contributed by atoms with Gasteiger partial charge >= 0.3 is 5.71 Å². The molecule has 1 spiro atoms. The van der Waals surface area contributed by atoms with Gasteiger partial charge in [-0.15, -0.1) is 0 Å². The number of Topliss-reactive ketones (excluding diaryl/α,β-unsaturated/α-hetero) is 1. The summed E-state index contributed by atoms with van der Waals surface area (Å²) in [6, 6.07) is 16.1. The minimum absolute atomic E-state index is 0.0943. The zero-order chi connectivity index (χ0) is 37.5. The molecule has 9 rings (SSSR count). The maximum atomic E-state index is 14.0. The molecular weight excluding hydrogens is 686 g/mol. The number of benzene rings is 3. The summed E-state index contributed by atoms with van der Waals surface area (Å²) in [5.41, 5.74) is 18.7. The lowest BCUT2D eigenvalue weighted by atomic mass is 9.67. The Hall–Kier alpha value is -5.56. The smallest absolute Gasteiger partial charge is 0.358 e. The molecule has 14 nitrogen and oxygen atoms in total. The third-order valence-corrected chi connectivity index (χ3v) is 12.4. The molecule has 0 bridgehead atoms.